The topological polar surface area (TPSA) is 61.0 Å². The smallest absolute Gasteiger partial charge is 0.237 e. The predicted octanol–water partition coefficient (Wildman–Crippen LogP) is 3.11. The van der Waals surface area contributed by atoms with Gasteiger partial charge in [0.15, 0.2) is 0 Å². The lowest BCUT2D eigenvalue weighted by molar-refractivity contribution is -0.135. The van der Waals surface area contributed by atoms with Crippen molar-refractivity contribution in [1.29, 1.82) is 0 Å². The summed E-state index contributed by atoms with van der Waals surface area (Å²) >= 11 is 0. The minimum Gasteiger partial charge on any atom is -0.346 e. The molecule has 2 N–H and O–H groups in total. The molecule has 2 atom stereocenters. The molecule has 1 aliphatic rings. The minimum atomic E-state index is -0.110. The van der Waals surface area contributed by atoms with Gasteiger partial charge in [-0.05, 0) is 37.0 Å². The maximum absolute atomic E-state index is 12.7. The third-order valence-electron chi connectivity index (χ3n) is 5.25. The summed E-state index contributed by atoms with van der Waals surface area (Å²) < 4.78 is 0. The van der Waals surface area contributed by atoms with E-state index in [-0.39, 0.29) is 11.9 Å². The lowest BCUT2D eigenvalue weighted by Crippen LogP contribution is -2.55. The Bertz CT molecular complexity index is 710. The quantitative estimate of drug-likeness (QED) is 0.849. The standard InChI is InChI=1S/C20H28N4O/c1-4-5-8-16-12-24(19(25)11-22-16)20(18-10-21-13-23-18)17-9-6-7-14(2)15(17)3/h6-7,9-10,13,16,20,22H,4-5,8,11-12H2,1-3H3,(H,21,23). The summed E-state index contributed by atoms with van der Waals surface area (Å²) in [5.74, 6) is 0.147. The fourth-order valence-corrected chi connectivity index (χ4v) is 3.62. The van der Waals surface area contributed by atoms with E-state index in [2.05, 4.69) is 54.3 Å². The summed E-state index contributed by atoms with van der Waals surface area (Å²) in [7, 11) is 0. The van der Waals surface area contributed by atoms with Gasteiger partial charge in [-0.1, -0.05) is 38.0 Å². The summed E-state index contributed by atoms with van der Waals surface area (Å²) in [5.41, 5.74) is 4.62. The molecule has 1 fully saturated rings. The van der Waals surface area contributed by atoms with Gasteiger partial charge in [-0.3, -0.25) is 4.79 Å². The number of carbonyl (C=O) groups excluding carboxylic acids is 1. The SMILES string of the molecule is CCCCC1CN(C(c2cnc[nH]2)c2cccc(C)c2C)C(=O)CN1. The number of nitrogens with one attached hydrogen (secondary N) is 2. The van der Waals surface area contributed by atoms with Crippen molar-refractivity contribution < 1.29 is 4.79 Å². The molecule has 134 valence electrons. The van der Waals surface area contributed by atoms with Crippen molar-refractivity contribution in [3.63, 3.8) is 0 Å². The number of imidazole rings is 1. The van der Waals surface area contributed by atoms with Crippen molar-refractivity contribution in [3.05, 3.63) is 53.1 Å². The normalized spacial score (nSPS) is 19.2. The molecule has 1 aromatic carbocycles. The summed E-state index contributed by atoms with van der Waals surface area (Å²) in [6.07, 6.45) is 6.98. The van der Waals surface area contributed by atoms with Crippen molar-refractivity contribution >= 4 is 5.91 Å². The number of hydrogen-bond donors (Lipinski definition) is 2. The van der Waals surface area contributed by atoms with E-state index >= 15 is 0 Å². The molecular weight excluding hydrogens is 312 g/mol. The molecule has 0 aliphatic carbocycles. The molecule has 25 heavy (non-hydrogen) atoms. The zero-order valence-electron chi connectivity index (χ0n) is 15.4. The average Bonchev–Trinajstić information content (AvgIpc) is 3.13. The number of aromatic nitrogens is 2. The Morgan fingerprint density at radius 3 is 2.92 bits per heavy atom. The van der Waals surface area contributed by atoms with Crippen LogP contribution >= 0.6 is 0 Å². The maximum atomic E-state index is 12.7. The van der Waals surface area contributed by atoms with E-state index in [1.165, 1.54) is 29.5 Å². The lowest BCUT2D eigenvalue weighted by Gasteiger charge is -2.39. The molecule has 3 rings (SSSR count). The lowest BCUT2D eigenvalue weighted by atomic mass is 9.93. The third kappa shape index (κ3) is 3.76. The van der Waals surface area contributed by atoms with Crippen LogP contribution in [-0.2, 0) is 4.79 Å². The molecule has 0 radical (unpaired) electrons. The fraction of sp³-hybridized carbons (Fsp3) is 0.500. The highest BCUT2D eigenvalue weighted by Gasteiger charge is 2.33. The van der Waals surface area contributed by atoms with Crippen LogP contribution in [0.5, 0.6) is 0 Å². The number of rotatable bonds is 6. The molecule has 5 heteroatoms. The van der Waals surface area contributed by atoms with Gasteiger partial charge < -0.3 is 15.2 Å². The number of carbonyl (C=O) groups is 1. The Morgan fingerprint density at radius 1 is 1.36 bits per heavy atom. The first-order valence-electron chi connectivity index (χ1n) is 9.19. The highest BCUT2D eigenvalue weighted by molar-refractivity contribution is 5.80. The zero-order chi connectivity index (χ0) is 17.8. The van der Waals surface area contributed by atoms with Crippen molar-refractivity contribution in [3.8, 4) is 0 Å². The number of unbranched alkanes of at least 4 members (excludes halogenated alkanes) is 1. The van der Waals surface area contributed by atoms with E-state index in [4.69, 9.17) is 0 Å². The molecule has 5 nitrogen and oxygen atoms in total. The fourth-order valence-electron chi connectivity index (χ4n) is 3.62. The average molecular weight is 340 g/mol. The van der Waals surface area contributed by atoms with E-state index in [1.807, 2.05) is 11.1 Å². The van der Waals surface area contributed by atoms with Gasteiger partial charge in [-0.2, -0.15) is 0 Å². The van der Waals surface area contributed by atoms with Crippen LogP contribution in [-0.4, -0.2) is 39.9 Å². The first-order valence-corrected chi connectivity index (χ1v) is 9.19. The van der Waals surface area contributed by atoms with Crippen LogP contribution in [0.3, 0.4) is 0 Å². The maximum Gasteiger partial charge on any atom is 0.237 e. The van der Waals surface area contributed by atoms with Crippen molar-refractivity contribution in [2.75, 3.05) is 13.1 Å². The zero-order valence-corrected chi connectivity index (χ0v) is 15.4. The molecule has 2 aromatic rings. The largest absolute Gasteiger partial charge is 0.346 e. The number of piperazine rings is 1. The molecule has 0 bridgehead atoms. The monoisotopic (exact) mass is 340 g/mol. The number of aromatic amines is 1. The predicted molar refractivity (Wildman–Crippen MR) is 99.4 cm³/mol. The van der Waals surface area contributed by atoms with Gasteiger partial charge in [-0.15, -0.1) is 0 Å². The Morgan fingerprint density at radius 2 is 2.20 bits per heavy atom. The van der Waals surface area contributed by atoms with Gasteiger partial charge in [0.2, 0.25) is 5.91 Å². The van der Waals surface area contributed by atoms with Crippen LogP contribution in [0.15, 0.2) is 30.7 Å². The first kappa shape index (κ1) is 17.7. The number of benzene rings is 1. The molecule has 2 unspecified atom stereocenters. The summed E-state index contributed by atoms with van der Waals surface area (Å²) in [5, 5.41) is 3.39. The van der Waals surface area contributed by atoms with Crippen LogP contribution < -0.4 is 5.32 Å². The number of H-pyrrole nitrogens is 1. The molecule has 1 aromatic heterocycles. The van der Waals surface area contributed by atoms with Gasteiger partial charge in [0, 0.05) is 12.6 Å². The Kier molecular flexibility index (Phi) is 5.53. The Labute approximate surface area is 149 Å². The highest BCUT2D eigenvalue weighted by Crippen LogP contribution is 2.32. The van der Waals surface area contributed by atoms with Gasteiger partial charge in [0.25, 0.3) is 0 Å². The Hall–Kier alpha value is -2.14. The number of nitrogens with zero attached hydrogens (tertiary/aromatic N) is 2. The van der Waals surface area contributed by atoms with Crippen LogP contribution in [0.2, 0.25) is 0 Å². The molecular formula is C20H28N4O. The second-order valence-corrected chi connectivity index (χ2v) is 6.96. The summed E-state index contributed by atoms with van der Waals surface area (Å²) in [4.78, 5) is 22.2. The van der Waals surface area contributed by atoms with Crippen molar-refractivity contribution in [2.24, 2.45) is 0 Å². The molecule has 2 heterocycles. The number of amides is 1. The summed E-state index contributed by atoms with van der Waals surface area (Å²) in [6, 6.07) is 6.56. The van der Waals surface area contributed by atoms with Crippen LogP contribution in [0.1, 0.15) is 54.6 Å². The van der Waals surface area contributed by atoms with Gasteiger partial charge in [0.1, 0.15) is 0 Å². The van der Waals surface area contributed by atoms with Gasteiger partial charge in [0.05, 0.1) is 30.8 Å². The van der Waals surface area contributed by atoms with E-state index in [0.29, 0.717) is 12.6 Å². The molecule has 1 aliphatic heterocycles. The minimum absolute atomic E-state index is 0.110. The molecule has 0 saturated carbocycles. The molecule has 1 amide bonds. The van der Waals surface area contributed by atoms with E-state index in [0.717, 1.165) is 18.7 Å². The van der Waals surface area contributed by atoms with E-state index < -0.39 is 0 Å². The Balaban J connectivity index is 1.96. The van der Waals surface area contributed by atoms with Gasteiger partial charge in [-0.25, -0.2) is 4.98 Å². The van der Waals surface area contributed by atoms with Crippen LogP contribution in [0.4, 0.5) is 0 Å². The van der Waals surface area contributed by atoms with Gasteiger partial charge >= 0.3 is 0 Å². The third-order valence-corrected chi connectivity index (χ3v) is 5.25. The number of hydrogen-bond acceptors (Lipinski definition) is 3. The van der Waals surface area contributed by atoms with Crippen LogP contribution in [0.25, 0.3) is 0 Å². The van der Waals surface area contributed by atoms with Crippen LogP contribution in [0, 0.1) is 13.8 Å². The second-order valence-electron chi connectivity index (χ2n) is 6.96. The van der Waals surface area contributed by atoms with E-state index in [9.17, 15) is 4.79 Å². The highest BCUT2D eigenvalue weighted by atomic mass is 16.2. The second kappa shape index (κ2) is 7.83. The molecule has 0 spiro atoms. The van der Waals surface area contributed by atoms with Crippen molar-refractivity contribution in [2.45, 2.75) is 52.1 Å². The number of aryl methyl sites for hydroxylation is 1. The molecule has 1 saturated heterocycles. The van der Waals surface area contributed by atoms with Crippen molar-refractivity contribution in [1.82, 2.24) is 20.2 Å². The van der Waals surface area contributed by atoms with E-state index in [1.54, 1.807) is 6.33 Å². The first-order chi connectivity index (χ1) is 12.1. The summed E-state index contributed by atoms with van der Waals surface area (Å²) in [6.45, 7) is 7.59.